The highest BCUT2D eigenvalue weighted by Crippen LogP contribution is 2.16. The van der Waals surface area contributed by atoms with Crippen molar-refractivity contribution < 1.29 is 4.79 Å². The van der Waals surface area contributed by atoms with Gasteiger partial charge in [-0.2, -0.15) is 0 Å². The maximum absolute atomic E-state index is 10.4. The second-order valence-electron chi connectivity index (χ2n) is 2.74. The third-order valence-corrected chi connectivity index (χ3v) is 1.95. The highest BCUT2D eigenvalue weighted by molar-refractivity contribution is 6.06. The summed E-state index contributed by atoms with van der Waals surface area (Å²) in [6, 6.07) is -0.0919. The lowest BCUT2D eigenvalue weighted by Crippen LogP contribution is -2.27. The number of nitrogens with zero attached hydrogens (tertiary/aromatic N) is 4. The molecule has 5 nitrogen and oxygen atoms in total. The van der Waals surface area contributed by atoms with Crippen molar-refractivity contribution in [2.24, 2.45) is 5.11 Å². The van der Waals surface area contributed by atoms with Gasteiger partial charge in [0.25, 0.3) is 0 Å². The number of hydrogen-bond acceptors (Lipinski definition) is 3. The number of rotatable bonds is 2. The molecule has 0 bridgehead atoms. The van der Waals surface area contributed by atoms with Crippen LogP contribution < -0.4 is 0 Å². The molecule has 1 aliphatic rings. The Morgan fingerprint density at radius 1 is 1.82 bits per heavy atom. The zero-order valence-electron chi connectivity index (χ0n) is 6.34. The van der Waals surface area contributed by atoms with Crippen molar-refractivity contribution in [2.45, 2.75) is 18.5 Å². The van der Waals surface area contributed by atoms with Crippen LogP contribution in [0, 0.1) is 0 Å². The standard InChI is InChI=1S/C5H9BN4O/c6-10-2-4(8-9-7)1-5(10)3-11/h3-5H,1-2,6H2/t4-,5+/m0/s1. The first-order valence-electron chi connectivity index (χ1n) is 3.47. The topological polar surface area (TPSA) is 69.1 Å². The van der Waals surface area contributed by atoms with E-state index in [4.69, 9.17) is 5.53 Å². The number of azide groups is 1. The van der Waals surface area contributed by atoms with E-state index >= 15 is 0 Å². The third-order valence-electron chi connectivity index (χ3n) is 1.95. The minimum atomic E-state index is -0.0644. The van der Waals surface area contributed by atoms with Gasteiger partial charge in [0, 0.05) is 4.91 Å². The van der Waals surface area contributed by atoms with Crippen LogP contribution in [-0.4, -0.2) is 37.7 Å². The molecule has 0 unspecified atom stereocenters. The van der Waals surface area contributed by atoms with Crippen molar-refractivity contribution in [1.82, 2.24) is 4.81 Å². The summed E-state index contributed by atoms with van der Waals surface area (Å²) in [5.74, 6) is 0. The highest BCUT2D eigenvalue weighted by atomic mass is 16.1. The lowest BCUT2D eigenvalue weighted by atomic mass is 10.2. The number of carbonyl (C=O) groups is 1. The van der Waals surface area contributed by atoms with Crippen molar-refractivity contribution in [1.29, 1.82) is 0 Å². The van der Waals surface area contributed by atoms with Crippen molar-refractivity contribution in [3.63, 3.8) is 0 Å². The normalized spacial score (nSPS) is 31.3. The molecule has 2 atom stereocenters. The summed E-state index contributed by atoms with van der Waals surface area (Å²) in [5, 5.41) is 3.55. The Kier molecular flexibility index (Phi) is 2.51. The summed E-state index contributed by atoms with van der Waals surface area (Å²) in [6.45, 7) is 0.688. The van der Waals surface area contributed by atoms with Crippen LogP contribution >= 0.6 is 0 Å². The van der Waals surface area contributed by atoms with Crippen LogP contribution in [0.3, 0.4) is 0 Å². The smallest absolute Gasteiger partial charge is 0.186 e. The number of hydrogen-bond donors (Lipinski definition) is 0. The van der Waals surface area contributed by atoms with Gasteiger partial charge in [0.1, 0.15) is 6.29 Å². The van der Waals surface area contributed by atoms with Crippen LogP contribution in [0.1, 0.15) is 6.42 Å². The van der Waals surface area contributed by atoms with Crippen molar-refractivity contribution in [3.8, 4) is 0 Å². The minimum absolute atomic E-state index is 0.0276. The van der Waals surface area contributed by atoms with Crippen LogP contribution in [0.5, 0.6) is 0 Å². The summed E-state index contributed by atoms with van der Waals surface area (Å²) < 4.78 is 0. The molecule has 0 aromatic carbocycles. The quantitative estimate of drug-likeness (QED) is 0.176. The van der Waals surface area contributed by atoms with E-state index in [0.29, 0.717) is 13.0 Å². The Morgan fingerprint density at radius 2 is 2.55 bits per heavy atom. The molecule has 0 saturated carbocycles. The fraction of sp³-hybridized carbons (Fsp3) is 0.800. The van der Waals surface area contributed by atoms with Crippen molar-refractivity contribution >= 4 is 14.3 Å². The average molecular weight is 152 g/mol. The molecule has 0 aromatic heterocycles. The van der Waals surface area contributed by atoms with Gasteiger partial charge in [-0.05, 0) is 18.5 Å². The first-order chi connectivity index (χ1) is 5.27. The average Bonchev–Trinajstić information content (AvgIpc) is 2.32. The first kappa shape index (κ1) is 8.10. The van der Waals surface area contributed by atoms with Gasteiger partial charge in [-0.15, -0.1) is 0 Å². The van der Waals surface area contributed by atoms with Gasteiger partial charge < -0.3 is 9.61 Å². The number of aldehydes is 1. The van der Waals surface area contributed by atoms with E-state index in [1.807, 2.05) is 12.8 Å². The monoisotopic (exact) mass is 152 g/mol. The van der Waals surface area contributed by atoms with E-state index in [0.717, 1.165) is 6.29 Å². The van der Waals surface area contributed by atoms with E-state index < -0.39 is 0 Å². The van der Waals surface area contributed by atoms with Gasteiger partial charge in [0.05, 0.1) is 12.1 Å². The maximum atomic E-state index is 10.4. The molecule has 0 N–H and O–H groups in total. The Labute approximate surface area is 65.4 Å². The van der Waals surface area contributed by atoms with Gasteiger partial charge >= 0.3 is 0 Å². The van der Waals surface area contributed by atoms with Crippen LogP contribution in [0.4, 0.5) is 0 Å². The molecule has 1 saturated heterocycles. The molecule has 58 valence electrons. The molecule has 1 heterocycles. The number of carbonyl (C=O) groups excluding carboxylic acids is 1. The van der Waals surface area contributed by atoms with E-state index in [1.54, 1.807) is 0 Å². The molecule has 1 aliphatic heterocycles. The fourth-order valence-electron chi connectivity index (χ4n) is 1.32. The van der Waals surface area contributed by atoms with E-state index in [2.05, 4.69) is 10.0 Å². The zero-order valence-corrected chi connectivity index (χ0v) is 6.34. The molecule has 6 heteroatoms. The van der Waals surface area contributed by atoms with E-state index in [9.17, 15) is 4.79 Å². The van der Waals surface area contributed by atoms with Crippen molar-refractivity contribution in [2.75, 3.05) is 6.54 Å². The SMILES string of the molecule is BN1C[C@@H](N=[N+]=[N-])C[C@@H]1C=O. The molecule has 0 aliphatic carbocycles. The largest absolute Gasteiger partial charge is 0.340 e. The molecular formula is C5H9BN4O. The van der Waals surface area contributed by atoms with Gasteiger partial charge in [0.15, 0.2) is 7.98 Å². The lowest BCUT2D eigenvalue weighted by Gasteiger charge is -2.11. The predicted octanol–water partition coefficient (Wildman–Crippen LogP) is -0.513. The molecular weight excluding hydrogens is 143 g/mol. The Bertz CT molecular complexity index is 203. The van der Waals surface area contributed by atoms with E-state index in [1.165, 1.54) is 0 Å². The van der Waals surface area contributed by atoms with Crippen LogP contribution in [-0.2, 0) is 4.79 Å². The zero-order chi connectivity index (χ0) is 8.27. The summed E-state index contributed by atoms with van der Waals surface area (Å²) in [6.07, 6.45) is 1.55. The van der Waals surface area contributed by atoms with Gasteiger partial charge in [-0.25, -0.2) is 0 Å². The third kappa shape index (κ3) is 1.72. The van der Waals surface area contributed by atoms with Crippen LogP contribution in [0.25, 0.3) is 10.4 Å². The molecule has 0 spiro atoms. The lowest BCUT2D eigenvalue weighted by molar-refractivity contribution is -0.110. The van der Waals surface area contributed by atoms with Crippen LogP contribution in [0.15, 0.2) is 5.11 Å². The minimum Gasteiger partial charge on any atom is -0.340 e. The molecule has 11 heavy (non-hydrogen) atoms. The summed E-state index contributed by atoms with van der Waals surface area (Å²) in [7, 11) is 1.85. The molecule has 0 radical (unpaired) electrons. The van der Waals surface area contributed by atoms with E-state index in [-0.39, 0.29) is 12.1 Å². The molecule has 0 aromatic rings. The predicted molar refractivity (Wildman–Crippen MR) is 42.7 cm³/mol. The Morgan fingerprint density at radius 3 is 3.00 bits per heavy atom. The molecule has 1 fully saturated rings. The maximum Gasteiger partial charge on any atom is 0.186 e. The second kappa shape index (κ2) is 3.41. The molecule has 0 amide bonds. The van der Waals surface area contributed by atoms with Crippen molar-refractivity contribution in [3.05, 3.63) is 10.4 Å². The Balaban J connectivity index is 2.55. The summed E-state index contributed by atoms with van der Waals surface area (Å²) in [4.78, 5) is 15.0. The van der Waals surface area contributed by atoms with Crippen LogP contribution in [0.2, 0.25) is 0 Å². The summed E-state index contributed by atoms with van der Waals surface area (Å²) >= 11 is 0. The Hall–Kier alpha value is -0.995. The second-order valence-corrected chi connectivity index (χ2v) is 2.74. The molecule has 1 rings (SSSR count). The van der Waals surface area contributed by atoms with Gasteiger partial charge in [0.2, 0.25) is 0 Å². The highest BCUT2D eigenvalue weighted by Gasteiger charge is 2.27. The van der Waals surface area contributed by atoms with Gasteiger partial charge in [-0.3, -0.25) is 0 Å². The fourth-order valence-corrected chi connectivity index (χ4v) is 1.32. The summed E-state index contributed by atoms with van der Waals surface area (Å²) in [5.41, 5.74) is 8.12. The first-order valence-corrected chi connectivity index (χ1v) is 3.47. The van der Waals surface area contributed by atoms with Gasteiger partial charge in [-0.1, -0.05) is 5.11 Å².